The molecule has 6 heteroatoms. The van der Waals surface area contributed by atoms with Gasteiger partial charge in [-0.3, -0.25) is 4.99 Å². The minimum absolute atomic E-state index is 0.206. The zero-order valence-electron chi connectivity index (χ0n) is 10.9. The molecule has 0 aliphatic heterocycles. The average Bonchev–Trinajstić information content (AvgIpc) is 2.29. The molecule has 0 radical (unpaired) electrons. The first-order valence-electron chi connectivity index (χ1n) is 5.35. The summed E-state index contributed by atoms with van der Waals surface area (Å²) in [6.07, 6.45) is -1.46. The van der Waals surface area contributed by atoms with Crippen molar-refractivity contribution in [3.05, 3.63) is 60.9 Å². The average molecular weight is 285 g/mol. The summed E-state index contributed by atoms with van der Waals surface area (Å²) in [4.78, 5) is 14.3. The maximum Gasteiger partial charge on any atom is 0.417 e. The van der Waals surface area contributed by atoms with E-state index in [1.165, 1.54) is 6.92 Å². The Hall–Kier alpha value is -2.37. The van der Waals surface area contributed by atoms with Crippen LogP contribution < -0.4 is 0 Å². The topological polar surface area (TPSA) is 49.7 Å². The van der Waals surface area contributed by atoms with Crippen LogP contribution in [0.25, 0.3) is 0 Å². The molecule has 0 aliphatic carbocycles. The number of aliphatic imine (C=N–C) groups is 1. The van der Waals surface area contributed by atoms with Crippen molar-refractivity contribution in [2.24, 2.45) is 4.99 Å². The molecule has 1 N–H and O–H groups in total. The summed E-state index contributed by atoms with van der Waals surface area (Å²) < 4.78 is 38.6. The lowest BCUT2D eigenvalue weighted by atomic mass is 10.0. The van der Waals surface area contributed by atoms with Gasteiger partial charge in [0, 0.05) is 17.3 Å². The molecular formula is C14H14F3NO2. The second-order valence-corrected chi connectivity index (χ2v) is 3.64. The van der Waals surface area contributed by atoms with E-state index in [-0.39, 0.29) is 17.0 Å². The minimum Gasteiger partial charge on any atom is -0.478 e. The largest absolute Gasteiger partial charge is 0.478 e. The molecule has 0 rings (SSSR count). The Balaban J connectivity index is 6.17. The first-order valence-corrected chi connectivity index (χ1v) is 5.35. The molecule has 0 atom stereocenters. The molecule has 0 unspecified atom stereocenters. The van der Waals surface area contributed by atoms with Crippen molar-refractivity contribution in [3.63, 3.8) is 0 Å². The quantitative estimate of drug-likeness (QED) is 0.458. The van der Waals surface area contributed by atoms with Gasteiger partial charge in [0.05, 0.1) is 11.3 Å². The lowest BCUT2D eigenvalue weighted by Crippen LogP contribution is -2.15. The predicted octanol–water partition coefficient (Wildman–Crippen LogP) is 3.83. The van der Waals surface area contributed by atoms with E-state index >= 15 is 0 Å². The van der Waals surface area contributed by atoms with Gasteiger partial charge in [0.25, 0.3) is 0 Å². The van der Waals surface area contributed by atoms with Crippen molar-refractivity contribution < 1.29 is 23.1 Å². The number of alkyl halides is 3. The SMILES string of the molecule is C=CC(C(C=CC(=O)O)=NC(=C)C)=C(C=C)C(F)(F)F. The first kappa shape index (κ1) is 17.6. The third-order valence-corrected chi connectivity index (χ3v) is 1.97. The molecule has 0 saturated heterocycles. The van der Waals surface area contributed by atoms with Crippen LogP contribution in [0.4, 0.5) is 13.2 Å². The summed E-state index contributed by atoms with van der Waals surface area (Å²) in [6.45, 7) is 11.3. The second-order valence-electron chi connectivity index (χ2n) is 3.64. The third kappa shape index (κ3) is 5.51. The van der Waals surface area contributed by atoms with E-state index in [2.05, 4.69) is 24.7 Å². The Morgan fingerprint density at radius 3 is 2.05 bits per heavy atom. The van der Waals surface area contributed by atoms with Gasteiger partial charge in [-0.1, -0.05) is 31.9 Å². The van der Waals surface area contributed by atoms with Gasteiger partial charge in [0.15, 0.2) is 0 Å². The van der Waals surface area contributed by atoms with Crippen molar-refractivity contribution in [2.45, 2.75) is 13.1 Å². The van der Waals surface area contributed by atoms with E-state index in [4.69, 9.17) is 5.11 Å². The molecule has 0 spiro atoms. The Bertz CT molecular complexity index is 523. The third-order valence-electron chi connectivity index (χ3n) is 1.97. The van der Waals surface area contributed by atoms with Gasteiger partial charge in [-0.15, -0.1) is 0 Å². The summed E-state index contributed by atoms with van der Waals surface area (Å²) in [5.74, 6) is -1.31. The first-order chi connectivity index (χ1) is 9.13. The van der Waals surface area contributed by atoms with E-state index < -0.39 is 17.7 Å². The van der Waals surface area contributed by atoms with Crippen LogP contribution in [0, 0.1) is 0 Å². The molecule has 0 saturated carbocycles. The predicted molar refractivity (Wildman–Crippen MR) is 72.5 cm³/mol. The van der Waals surface area contributed by atoms with Crippen LogP contribution in [0.3, 0.4) is 0 Å². The number of carboxylic acid groups (broad SMARTS) is 1. The molecule has 0 aromatic carbocycles. The number of hydrogen-bond donors (Lipinski definition) is 1. The Morgan fingerprint density at radius 2 is 1.75 bits per heavy atom. The van der Waals surface area contributed by atoms with Crippen LogP contribution >= 0.6 is 0 Å². The maximum atomic E-state index is 12.9. The number of carboxylic acids is 1. The maximum absolute atomic E-state index is 12.9. The highest BCUT2D eigenvalue weighted by Gasteiger charge is 2.34. The van der Waals surface area contributed by atoms with Gasteiger partial charge < -0.3 is 5.11 Å². The van der Waals surface area contributed by atoms with Gasteiger partial charge in [0.1, 0.15) is 0 Å². The molecule has 0 aromatic heterocycles. The summed E-state index contributed by atoms with van der Waals surface area (Å²) in [5, 5.41) is 8.56. The highest BCUT2D eigenvalue weighted by molar-refractivity contribution is 6.13. The molecule has 108 valence electrons. The molecule has 0 bridgehead atoms. The zero-order valence-corrected chi connectivity index (χ0v) is 10.9. The molecular weight excluding hydrogens is 271 g/mol. The molecule has 0 aliphatic rings. The van der Waals surface area contributed by atoms with Gasteiger partial charge in [-0.25, -0.2) is 4.79 Å². The standard InChI is InChI=1S/C14H14F3NO2/c1-5-10(11(6-2)14(15,16)17)12(18-9(3)4)7-8-13(19)20/h5-8H,1-3H2,4H3,(H,19,20). The molecule has 20 heavy (non-hydrogen) atoms. The van der Waals surface area contributed by atoms with Crippen molar-refractivity contribution in [1.82, 2.24) is 0 Å². The smallest absolute Gasteiger partial charge is 0.417 e. The van der Waals surface area contributed by atoms with Crippen molar-refractivity contribution in [3.8, 4) is 0 Å². The molecule has 3 nitrogen and oxygen atoms in total. The summed E-state index contributed by atoms with van der Waals surface area (Å²) in [5.41, 5.74) is -1.40. The van der Waals surface area contributed by atoms with E-state index in [0.29, 0.717) is 12.2 Å². The van der Waals surface area contributed by atoms with Crippen molar-refractivity contribution in [2.75, 3.05) is 0 Å². The van der Waals surface area contributed by atoms with E-state index in [0.717, 1.165) is 12.2 Å². The number of allylic oxidation sites excluding steroid dienone is 6. The molecule has 0 heterocycles. The van der Waals surface area contributed by atoms with Crippen LogP contribution in [0.15, 0.2) is 65.9 Å². The Kier molecular flexibility index (Phi) is 6.41. The monoisotopic (exact) mass is 285 g/mol. The van der Waals surface area contributed by atoms with Crippen molar-refractivity contribution in [1.29, 1.82) is 0 Å². The van der Waals surface area contributed by atoms with E-state index in [9.17, 15) is 18.0 Å². The van der Waals surface area contributed by atoms with Crippen molar-refractivity contribution >= 4 is 11.7 Å². The fraction of sp³-hybridized carbons (Fsp3) is 0.143. The van der Waals surface area contributed by atoms with Gasteiger partial charge in [-0.2, -0.15) is 13.2 Å². The van der Waals surface area contributed by atoms with Crippen LogP contribution in [0.5, 0.6) is 0 Å². The molecule has 0 aromatic rings. The minimum atomic E-state index is -4.65. The lowest BCUT2D eigenvalue weighted by molar-refractivity contribution is -0.131. The Labute approximate surface area is 114 Å². The highest BCUT2D eigenvalue weighted by Crippen LogP contribution is 2.30. The van der Waals surface area contributed by atoms with Gasteiger partial charge in [0.2, 0.25) is 0 Å². The second kappa shape index (κ2) is 7.28. The summed E-state index contributed by atoms with van der Waals surface area (Å²) in [7, 11) is 0. The number of hydrogen-bond acceptors (Lipinski definition) is 2. The van der Waals surface area contributed by atoms with Crippen LogP contribution in [0.1, 0.15) is 6.92 Å². The normalized spacial score (nSPS) is 13.9. The van der Waals surface area contributed by atoms with Crippen LogP contribution in [-0.4, -0.2) is 23.0 Å². The highest BCUT2D eigenvalue weighted by atomic mass is 19.4. The number of halogens is 3. The fourth-order valence-electron chi connectivity index (χ4n) is 1.27. The lowest BCUT2D eigenvalue weighted by Gasteiger charge is -2.13. The molecule has 0 amide bonds. The van der Waals surface area contributed by atoms with E-state index in [1.54, 1.807) is 0 Å². The number of carbonyl (C=O) groups is 1. The van der Waals surface area contributed by atoms with E-state index in [1.807, 2.05) is 0 Å². The fourth-order valence-corrected chi connectivity index (χ4v) is 1.27. The number of nitrogens with zero attached hydrogens (tertiary/aromatic N) is 1. The Morgan fingerprint density at radius 1 is 1.20 bits per heavy atom. The van der Waals surface area contributed by atoms with Gasteiger partial charge >= 0.3 is 12.1 Å². The number of rotatable bonds is 6. The summed E-state index contributed by atoms with van der Waals surface area (Å²) in [6, 6.07) is 0. The zero-order chi connectivity index (χ0) is 15.9. The molecule has 0 fully saturated rings. The number of aliphatic carboxylic acids is 1. The van der Waals surface area contributed by atoms with Crippen LogP contribution in [0.2, 0.25) is 0 Å². The van der Waals surface area contributed by atoms with Gasteiger partial charge in [-0.05, 0) is 13.0 Å². The summed E-state index contributed by atoms with van der Waals surface area (Å²) >= 11 is 0. The van der Waals surface area contributed by atoms with Crippen LogP contribution in [-0.2, 0) is 4.79 Å².